The number of aliphatic carboxylic acids is 2. The summed E-state index contributed by atoms with van der Waals surface area (Å²) in [5.41, 5.74) is 0.0505. The minimum Gasteiger partial charge on any atom is -0.478 e. The van der Waals surface area contributed by atoms with Gasteiger partial charge >= 0.3 is 23.9 Å². The van der Waals surface area contributed by atoms with Crippen LogP contribution in [-0.2, 0) is 19.1 Å². The first kappa shape index (κ1) is 22.7. The van der Waals surface area contributed by atoms with Gasteiger partial charge in [0.1, 0.15) is 0 Å². The second-order valence-electron chi connectivity index (χ2n) is 5.06. The van der Waals surface area contributed by atoms with Crippen molar-refractivity contribution in [3.63, 3.8) is 0 Å². The molecule has 0 aliphatic carbocycles. The molecule has 0 saturated heterocycles. The van der Waals surface area contributed by atoms with Gasteiger partial charge in [-0.1, -0.05) is 36.4 Å². The van der Waals surface area contributed by atoms with Crippen LogP contribution in [0.25, 0.3) is 0 Å². The summed E-state index contributed by atoms with van der Waals surface area (Å²) < 4.78 is 9.52. The number of rotatable bonds is 7. The van der Waals surface area contributed by atoms with Crippen molar-refractivity contribution in [2.24, 2.45) is 0 Å². The Labute approximate surface area is 186 Å². The van der Waals surface area contributed by atoms with Crippen molar-refractivity contribution in [1.29, 1.82) is 0 Å². The Bertz CT molecular complexity index is 737. The summed E-state index contributed by atoms with van der Waals surface area (Å²) in [6, 6.07) is 14.8. The van der Waals surface area contributed by atoms with Gasteiger partial charge in [0.25, 0.3) is 0 Å². The fourth-order valence-electron chi connectivity index (χ4n) is 2.00. The largest absolute Gasteiger partial charge is 0.478 e. The number of hydrogen-bond donors (Lipinski definition) is 2. The summed E-state index contributed by atoms with van der Waals surface area (Å²) >= 11 is 0. The minimum absolute atomic E-state index is 0. The number of esters is 2. The Kier molecular flexibility index (Phi) is 9.01. The molecule has 0 aliphatic heterocycles. The standard InChI is InChI=1S/C18H14O8.Sm/c19-15(20)13(25-17(23)11-7-3-1-4-8-11)14(16(21)22)26-18(24)12-9-5-2-6-10-12;/h1-10,13-14H,(H,19,20)(H,21,22);. The molecule has 2 aromatic carbocycles. The predicted molar refractivity (Wildman–Crippen MR) is 86.6 cm³/mol. The Morgan fingerprint density at radius 1 is 0.630 bits per heavy atom. The van der Waals surface area contributed by atoms with Crippen molar-refractivity contribution >= 4 is 23.9 Å². The number of carbonyl (C=O) groups excluding carboxylic acids is 2. The van der Waals surface area contributed by atoms with Gasteiger partial charge in [0, 0.05) is 40.4 Å². The predicted octanol–water partition coefficient (Wildman–Crippen LogP) is 1.61. The molecule has 8 nitrogen and oxygen atoms in total. The number of carbonyl (C=O) groups is 4. The van der Waals surface area contributed by atoms with Gasteiger partial charge in [-0.2, -0.15) is 0 Å². The first-order valence-corrected chi connectivity index (χ1v) is 7.38. The topological polar surface area (TPSA) is 127 Å². The number of carboxylic acid groups (broad SMARTS) is 2. The summed E-state index contributed by atoms with van der Waals surface area (Å²) in [6.07, 6.45) is -4.43. The van der Waals surface area contributed by atoms with Gasteiger partial charge < -0.3 is 19.7 Å². The number of benzene rings is 2. The number of hydrogen-bond acceptors (Lipinski definition) is 6. The average Bonchev–Trinajstić information content (AvgIpc) is 2.65. The number of ether oxygens (including phenoxy) is 2. The van der Waals surface area contributed by atoms with Gasteiger partial charge in [0.05, 0.1) is 11.1 Å². The molecule has 27 heavy (non-hydrogen) atoms. The average molecular weight is 509 g/mol. The van der Waals surface area contributed by atoms with Crippen molar-refractivity contribution in [2.45, 2.75) is 12.2 Å². The van der Waals surface area contributed by atoms with Crippen molar-refractivity contribution < 1.29 is 79.3 Å². The summed E-state index contributed by atoms with van der Waals surface area (Å²) in [5, 5.41) is 18.5. The molecule has 2 atom stereocenters. The van der Waals surface area contributed by atoms with Crippen LogP contribution >= 0.6 is 0 Å². The van der Waals surface area contributed by atoms with Crippen LogP contribution < -0.4 is 0 Å². The van der Waals surface area contributed by atoms with Crippen molar-refractivity contribution in [2.75, 3.05) is 0 Å². The summed E-state index contributed by atoms with van der Waals surface area (Å²) in [5.74, 6) is -5.63. The van der Waals surface area contributed by atoms with Crippen LogP contribution in [0.5, 0.6) is 0 Å². The summed E-state index contributed by atoms with van der Waals surface area (Å²) in [6.45, 7) is 0. The zero-order valence-electron chi connectivity index (χ0n) is 13.7. The van der Waals surface area contributed by atoms with Gasteiger partial charge in [-0.15, -0.1) is 0 Å². The Morgan fingerprint density at radius 2 is 0.926 bits per heavy atom. The van der Waals surface area contributed by atoms with Gasteiger partial charge in [0.15, 0.2) is 0 Å². The van der Waals surface area contributed by atoms with Crippen LogP contribution in [0.2, 0.25) is 0 Å². The Balaban J connectivity index is 0.00000364. The molecule has 9 heteroatoms. The molecular weight excluding hydrogens is 495 g/mol. The maximum atomic E-state index is 12.0. The van der Waals surface area contributed by atoms with Crippen LogP contribution in [-0.4, -0.2) is 46.3 Å². The Hall–Kier alpha value is -2.34. The first-order valence-electron chi connectivity index (χ1n) is 7.38. The second-order valence-corrected chi connectivity index (χ2v) is 5.06. The molecule has 0 fully saturated rings. The molecule has 2 rings (SSSR count). The SMILES string of the molecule is O=C(OC(C(=O)O)C(OC(=O)c1ccccc1)C(=O)O)c1ccccc1.[Sm]. The van der Waals surface area contributed by atoms with E-state index < -0.39 is 36.1 Å². The third-order valence-corrected chi connectivity index (χ3v) is 3.25. The van der Waals surface area contributed by atoms with Crippen LogP contribution in [0, 0.1) is 40.4 Å². The van der Waals surface area contributed by atoms with Gasteiger partial charge in [-0.05, 0) is 24.3 Å². The third-order valence-electron chi connectivity index (χ3n) is 3.25. The molecule has 0 aliphatic rings. The summed E-state index contributed by atoms with van der Waals surface area (Å²) in [7, 11) is 0. The molecule has 0 aromatic heterocycles. The van der Waals surface area contributed by atoms with E-state index in [4.69, 9.17) is 9.47 Å². The number of carboxylic acids is 2. The molecule has 2 unspecified atom stereocenters. The fraction of sp³-hybridized carbons (Fsp3) is 0.111. The van der Waals surface area contributed by atoms with E-state index in [1.807, 2.05) is 0 Å². The zero-order valence-corrected chi connectivity index (χ0v) is 16.3. The third kappa shape index (κ3) is 6.39. The first-order chi connectivity index (χ1) is 12.4. The summed E-state index contributed by atoms with van der Waals surface area (Å²) in [4.78, 5) is 46.8. The maximum absolute atomic E-state index is 12.0. The molecule has 0 heterocycles. The van der Waals surface area contributed by atoms with Crippen LogP contribution in [0.4, 0.5) is 0 Å². The van der Waals surface area contributed by atoms with E-state index in [0.29, 0.717) is 0 Å². The minimum atomic E-state index is -2.21. The van der Waals surface area contributed by atoms with Crippen molar-refractivity contribution in [3.05, 3.63) is 71.8 Å². The molecular formula is C18H14O8Sm. The van der Waals surface area contributed by atoms with E-state index in [-0.39, 0.29) is 51.5 Å². The Morgan fingerprint density at radius 3 is 1.19 bits per heavy atom. The van der Waals surface area contributed by atoms with E-state index >= 15 is 0 Å². The molecule has 0 saturated carbocycles. The van der Waals surface area contributed by atoms with Gasteiger partial charge in [0.2, 0.25) is 12.2 Å². The van der Waals surface area contributed by atoms with E-state index in [9.17, 15) is 29.4 Å². The quantitative estimate of drug-likeness (QED) is 0.540. The molecule has 0 amide bonds. The van der Waals surface area contributed by atoms with Gasteiger partial charge in [-0.25, -0.2) is 19.2 Å². The van der Waals surface area contributed by atoms with E-state index in [1.165, 1.54) is 48.5 Å². The fourth-order valence-corrected chi connectivity index (χ4v) is 2.00. The molecule has 0 bridgehead atoms. The van der Waals surface area contributed by atoms with Crippen LogP contribution in [0.3, 0.4) is 0 Å². The van der Waals surface area contributed by atoms with Crippen LogP contribution in [0.1, 0.15) is 20.7 Å². The smallest absolute Gasteiger partial charge is 0.349 e. The van der Waals surface area contributed by atoms with E-state index in [2.05, 4.69) is 0 Å². The molecule has 2 N–H and O–H groups in total. The molecule has 0 radical (unpaired) electrons. The van der Waals surface area contributed by atoms with Crippen LogP contribution in [0.15, 0.2) is 60.7 Å². The normalized spacial score (nSPS) is 12.0. The molecule has 140 valence electrons. The maximum Gasteiger partial charge on any atom is 0.349 e. The van der Waals surface area contributed by atoms with Crippen molar-refractivity contribution in [3.8, 4) is 0 Å². The molecule has 0 spiro atoms. The molecule has 2 aromatic rings. The van der Waals surface area contributed by atoms with E-state index in [0.717, 1.165) is 0 Å². The zero-order chi connectivity index (χ0) is 19.1. The van der Waals surface area contributed by atoms with Crippen molar-refractivity contribution in [1.82, 2.24) is 0 Å². The second kappa shape index (κ2) is 10.7. The van der Waals surface area contributed by atoms with E-state index in [1.54, 1.807) is 12.1 Å². The van der Waals surface area contributed by atoms with Gasteiger partial charge in [-0.3, -0.25) is 0 Å². The monoisotopic (exact) mass is 510 g/mol.